The summed E-state index contributed by atoms with van der Waals surface area (Å²) in [5.41, 5.74) is 0. The SMILES string of the molecule is CC1CN(C2CCCC2)CC(CC(=O)O)N1. The minimum Gasteiger partial charge on any atom is -0.481 e. The quantitative estimate of drug-likeness (QED) is 0.755. The Morgan fingerprint density at radius 1 is 1.38 bits per heavy atom. The first-order valence-electron chi connectivity index (χ1n) is 6.37. The van der Waals surface area contributed by atoms with Crippen LogP contribution in [0, 0.1) is 0 Å². The average Bonchev–Trinajstić information content (AvgIpc) is 2.67. The lowest BCUT2D eigenvalue weighted by Crippen LogP contribution is -2.58. The van der Waals surface area contributed by atoms with Gasteiger partial charge in [0.1, 0.15) is 0 Å². The zero-order valence-corrected chi connectivity index (χ0v) is 9.98. The molecule has 0 spiro atoms. The molecule has 4 heteroatoms. The van der Waals surface area contributed by atoms with Crippen molar-refractivity contribution >= 4 is 5.97 Å². The highest BCUT2D eigenvalue weighted by Gasteiger charge is 2.31. The molecule has 2 atom stereocenters. The normalized spacial score (nSPS) is 33.1. The Kier molecular flexibility index (Phi) is 3.82. The number of nitrogens with one attached hydrogen (secondary N) is 1. The van der Waals surface area contributed by atoms with E-state index in [1.807, 2.05) is 0 Å². The van der Waals surface area contributed by atoms with Gasteiger partial charge in [-0.15, -0.1) is 0 Å². The van der Waals surface area contributed by atoms with E-state index in [-0.39, 0.29) is 12.5 Å². The third kappa shape index (κ3) is 2.95. The van der Waals surface area contributed by atoms with Crippen molar-refractivity contribution in [3.8, 4) is 0 Å². The molecule has 1 aliphatic carbocycles. The molecule has 0 aromatic carbocycles. The monoisotopic (exact) mass is 226 g/mol. The van der Waals surface area contributed by atoms with Gasteiger partial charge < -0.3 is 10.4 Å². The zero-order chi connectivity index (χ0) is 11.5. The summed E-state index contributed by atoms with van der Waals surface area (Å²) in [6.45, 7) is 4.12. The highest BCUT2D eigenvalue weighted by molar-refractivity contribution is 5.67. The summed E-state index contributed by atoms with van der Waals surface area (Å²) in [6, 6.07) is 1.25. The van der Waals surface area contributed by atoms with E-state index in [1.165, 1.54) is 25.7 Å². The average molecular weight is 226 g/mol. The fourth-order valence-electron chi connectivity index (χ4n) is 3.12. The molecule has 4 nitrogen and oxygen atoms in total. The maximum absolute atomic E-state index is 10.7. The molecule has 0 amide bonds. The van der Waals surface area contributed by atoms with E-state index in [0.717, 1.165) is 13.1 Å². The molecule has 2 N–H and O–H groups in total. The minimum atomic E-state index is -0.696. The number of nitrogens with zero attached hydrogens (tertiary/aromatic N) is 1. The fourth-order valence-corrected chi connectivity index (χ4v) is 3.12. The smallest absolute Gasteiger partial charge is 0.304 e. The van der Waals surface area contributed by atoms with Crippen molar-refractivity contribution in [3.63, 3.8) is 0 Å². The van der Waals surface area contributed by atoms with Crippen LogP contribution in [-0.4, -0.2) is 47.2 Å². The summed E-state index contributed by atoms with van der Waals surface area (Å²) in [6.07, 6.45) is 5.52. The van der Waals surface area contributed by atoms with Gasteiger partial charge in [0.15, 0.2) is 0 Å². The molecule has 2 fully saturated rings. The van der Waals surface area contributed by atoms with Gasteiger partial charge in [0, 0.05) is 31.2 Å². The van der Waals surface area contributed by atoms with Crippen molar-refractivity contribution in [2.45, 2.75) is 57.2 Å². The number of carboxylic acids is 1. The summed E-state index contributed by atoms with van der Waals surface area (Å²) >= 11 is 0. The van der Waals surface area contributed by atoms with Gasteiger partial charge in [0.25, 0.3) is 0 Å². The van der Waals surface area contributed by atoms with Crippen molar-refractivity contribution in [2.24, 2.45) is 0 Å². The Balaban J connectivity index is 1.90. The van der Waals surface area contributed by atoms with Crippen molar-refractivity contribution in [1.82, 2.24) is 10.2 Å². The van der Waals surface area contributed by atoms with Crippen LogP contribution < -0.4 is 5.32 Å². The summed E-state index contributed by atoms with van der Waals surface area (Å²) < 4.78 is 0. The molecule has 92 valence electrons. The van der Waals surface area contributed by atoms with Gasteiger partial charge >= 0.3 is 5.97 Å². The van der Waals surface area contributed by atoms with Crippen LogP contribution in [0.1, 0.15) is 39.0 Å². The van der Waals surface area contributed by atoms with Crippen LogP contribution in [0.5, 0.6) is 0 Å². The van der Waals surface area contributed by atoms with E-state index in [1.54, 1.807) is 0 Å². The van der Waals surface area contributed by atoms with Gasteiger partial charge in [-0.1, -0.05) is 12.8 Å². The van der Waals surface area contributed by atoms with Crippen molar-refractivity contribution in [1.29, 1.82) is 0 Å². The summed E-state index contributed by atoms with van der Waals surface area (Å²) in [5, 5.41) is 12.2. The molecule has 1 heterocycles. The maximum Gasteiger partial charge on any atom is 0.304 e. The van der Waals surface area contributed by atoms with Gasteiger partial charge in [0.05, 0.1) is 6.42 Å². The molecule has 2 rings (SSSR count). The molecule has 1 saturated heterocycles. The molecule has 0 radical (unpaired) electrons. The largest absolute Gasteiger partial charge is 0.481 e. The Morgan fingerprint density at radius 2 is 2.06 bits per heavy atom. The van der Waals surface area contributed by atoms with Crippen molar-refractivity contribution < 1.29 is 9.90 Å². The van der Waals surface area contributed by atoms with Crippen LogP contribution in [-0.2, 0) is 4.79 Å². The first kappa shape index (κ1) is 11.9. The highest BCUT2D eigenvalue weighted by Crippen LogP contribution is 2.25. The molecule has 1 aliphatic heterocycles. The molecular weight excluding hydrogens is 204 g/mol. The van der Waals surface area contributed by atoms with E-state index >= 15 is 0 Å². The molecule has 0 aromatic heterocycles. The second kappa shape index (κ2) is 5.15. The Hall–Kier alpha value is -0.610. The Bertz CT molecular complexity index is 251. The van der Waals surface area contributed by atoms with Gasteiger partial charge in [-0.3, -0.25) is 9.69 Å². The van der Waals surface area contributed by atoms with E-state index in [9.17, 15) is 4.79 Å². The third-order valence-corrected chi connectivity index (χ3v) is 3.75. The number of carboxylic acid groups (broad SMARTS) is 1. The zero-order valence-electron chi connectivity index (χ0n) is 9.98. The number of hydrogen-bond acceptors (Lipinski definition) is 3. The van der Waals surface area contributed by atoms with Crippen LogP contribution in [0.2, 0.25) is 0 Å². The van der Waals surface area contributed by atoms with Crippen LogP contribution >= 0.6 is 0 Å². The van der Waals surface area contributed by atoms with Gasteiger partial charge in [-0.25, -0.2) is 0 Å². The maximum atomic E-state index is 10.7. The third-order valence-electron chi connectivity index (χ3n) is 3.75. The predicted molar refractivity (Wildman–Crippen MR) is 62.5 cm³/mol. The van der Waals surface area contributed by atoms with E-state index < -0.39 is 5.97 Å². The van der Waals surface area contributed by atoms with Crippen LogP contribution in [0.25, 0.3) is 0 Å². The lowest BCUT2D eigenvalue weighted by molar-refractivity contribution is -0.138. The van der Waals surface area contributed by atoms with E-state index in [0.29, 0.717) is 12.1 Å². The number of aliphatic carboxylic acids is 1. The number of piperazine rings is 1. The summed E-state index contributed by atoms with van der Waals surface area (Å²) in [5.74, 6) is -0.696. The van der Waals surface area contributed by atoms with Gasteiger partial charge in [-0.05, 0) is 19.8 Å². The predicted octanol–water partition coefficient (Wildman–Crippen LogP) is 1.07. The molecule has 2 aliphatic rings. The highest BCUT2D eigenvalue weighted by atomic mass is 16.4. The molecule has 16 heavy (non-hydrogen) atoms. The molecule has 1 saturated carbocycles. The number of hydrogen-bond donors (Lipinski definition) is 2. The Labute approximate surface area is 97.0 Å². The second-order valence-electron chi connectivity index (χ2n) is 5.25. The second-order valence-corrected chi connectivity index (χ2v) is 5.25. The number of carbonyl (C=O) groups is 1. The first-order chi connectivity index (χ1) is 7.65. The van der Waals surface area contributed by atoms with Crippen LogP contribution in [0.4, 0.5) is 0 Å². The summed E-state index contributed by atoms with van der Waals surface area (Å²) in [4.78, 5) is 13.2. The van der Waals surface area contributed by atoms with Gasteiger partial charge in [-0.2, -0.15) is 0 Å². The lowest BCUT2D eigenvalue weighted by atomic mass is 10.0. The standard InChI is InChI=1S/C12H22N2O2/c1-9-7-14(11-4-2-3-5-11)8-10(13-9)6-12(15)16/h9-11,13H,2-8H2,1H3,(H,15,16). The van der Waals surface area contributed by atoms with E-state index in [4.69, 9.17) is 5.11 Å². The fraction of sp³-hybridized carbons (Fsp3) is 0.917. The molecule has 0 bridgehead atoms. The first-order valence-corrected chi connectivity index (χ1v) is 6.37. The van der Waals surface area contributed by atoms with Crippen LogP contribution in [0.15, 0.2) is 0 Å². The van der Waals surface area contributed by atoms with E-state index in [2.05, 4.69) is 17.1 Å². The lowest BCUT2D eigenvalue weighted by Gasteiger charge is -2.40. The molecule has 0 aromatic rings. The van der Waals surface area contributed by atoms with Crippen molar-refractivity contribution in [3.05, 3.63) is 0 Å². The van der Waals surface area contributed by atoms with Gasteiger partial charge in [0.2, 0.25) is 0 Å². The molecule has 2 unspecified atom stereocenters. The topological polar surface area (TPSA) is 52.6 Å². The van der Waals surface area contributed by atoms with Crippen LogP contribution in [0.3, 0.4) is 0 Å². The number of rotatable bonds is 3. The molecular formula is C12H22N2O2. The Morgan fingerprint density at radius 3 is 2.69 bits per heavy atom. The summed E-state index contributed by atoms with van der Waals surface area (Å²) in [7, 11) is 0. The minimum absolute atomic E-state index is 0.127. The van der Waals surface area contributed by atoms with Crippen molar-refractivity contribution in [2.75, 3.05) is 13.1 Å².